The van der Waals surface area contributed by atoms with Gasteiger partial charge in [-0.1, -0.05) is 30.3 Å². The number of rotatable bonds is 4. The zero-order valence-electron chi connectivity index (χ0n) is 12.4. The van der Waals surface area contributed by atoms with Crippen molar-refractivity contribution in [3.8, 4) is 0 Å². The van der Waals surface area contributed by atoms with Crippen molar-refractivity contribution >= 4 is 18.3 Å². The number of carbonyl (C=O) groups excluding carboxylic acids is 1. The lowest BCUT2D eigenvalue weighted by Crippen LogP contribution is -2.52. The molecule has 1 aromatic rings. The fourth-order valence-corrected chi connectivity index (χ4v) is 2.52. The largest absolute Gasteiger partial charge is 0.423 e. The highest BCUT2D eigenvalue weighted by Crippen LogP contribution is 2.38. The number of benzene rings is 1. The van der Waals surface area contributed by atoms with Crippen molar-refractivity contribution in [3.63, 3.8) is 0 Å². The predicted octanol–water partition coefficient (Wildman–Crippen LogP) is 1.97. The Hall–Kier alpha value is -1.31. The van der Waals surface area contributed by atoms with E-state index in [9.17, 15) is 23.1 Å². The maximum atomic E-state index is 13.3. The number of amides is 1. The molecule has 1 aliphatic rings. The van der Waals surface area contributed by atoms with E-state index in [0.717, 1.165) is 0 Å². The van der Waals surface area contributed by atoms with Crippen molar-refractivity contribution in [2.24, 2.45) is 5.92 Å². The molecular weight excluding hydrogens is 333 g/mol. The zero-order valence-corrected chi connectivity index (χ0v) is 13.2. The Morgan fingerprint density at radius 2 is 1.78 bits per heavy atom. The molecule has 1 unspecified atom stereocenters. The first-order chi connectivity index (χ1) is 10.3. The summed E-state index contributed by atoms with van der Waals surface area (Å²) < 4.78 is 39.8. The van der Waals surface area contributed by atoms with Gasteiger partial charge < -0.3 is 15.7 Å². The number of hydrogen-bond donors (Lipinski definition) is 3. The lowest BCUT2D eigenvalue weighted by molar-refractivity contribution is -0.264. The Kier molecular flexibility index (Phi) is 6.85. The van der Waals surface area contributed by atoms with Gasteiger partial charge in [-0.25, -0.2) is 0 Å². The van der Waals surface area contributed by atoms with E-state index in [1.54, 1.807) is 6.07 Å². The minimum absolute atomic E-state index is 0. The van der Waals surface area contributed by atoms with E-state index < -0.39 is 24.2 Å². The third-order valence-electron chi connectivity index (χ3n) is 3.95. The predicted molar refractivity (Wildman–Crippen MR) is 82.2 cm³/mol. The highest BCUT2D eigenvalue weighted by molar-refractivity contribution is 5.85. The molecule has 0 aliphatic carbocycles. The molecule has 3 N–H and O–H groups in total. The van der Waals surface area contributed by atoms with Crippen LogP contribution in [-0.2, 0) is 10.4 Å². The highest BCUT2D eigenvalue weighted by Gasteiger charge is 2.55. The van der Waals surface area contributed by atoms with Crippen LogP contribution in [0.15, 0.2) is 30.3 Å². The molecule has 1 saturated heterocycles. The SMILES string of the molecule is Cl.O=C(NCC(O)(c1ccccc1)C(F)(F)F)C1CCNCC1. The molecule has 23 heavy (non-hydrogen) atoms. The summed E-state index contributed by atoms with van der Waals surface area (Å²) in [5, 5.41) is 15.5. The van der Waals surface area contributed by atoms with Crippen LogP contribution < -0.4 is 10.6 Å². The first-order valence-electron chi connectivity index (χ1n) is 7.17. The van der Waals surface area contributed by atoms with Gasteiger partial charge in [-0.05, 0) is 31.5 Å². The van der Waals surface area contributed by atoms with Gasteiger partial charge in [0.25, 0.3) is 0 Å². The number of piperidine rings is 1. The second kappa shape index (κ2) is 7.99. The average Bonchev–Trinajstić information content (AvgIpc) is 2.53. The van der Waals surface area contributed by atoms with E-state index in [1.807, 2.05) is 0 Å². The van der Waals surface area contributed by atoms with Crippen LogP contribution in [0.1, 0.15) is 18.4 Å². The van der Waals surface area contributed by atoms with E-state index in [1.165, 1.54) is 24.3 Å². The molecule has 1 aliphatic heterocycles. The Labute approximate surface area is 138 Å². The van der Waals surface area contributed by atoms with E-state index in [2.05, 4.69) is 10.6 Å². The maximum Gasteiger partial charge on any atom is 0.423 e. The molecule has 0 spiro atoms. The van der Waals surface area contributed by atoms with Gasteiger partial charge in [0, 0.05) is 5.92 Å². The number of halogens is 4. The van der Waals surface area contributed by atoms with Crippen LogP contribution in [0.4, 0.5) is 13.2 Å². The topological polar surface area (TPSA) is 61.4 Å². The second-order valence-electron chi connectivity index (χ2n) is 5.47. The van der Waals surface area contributed by atoms with Gasteiger partial charge in [0.1, 0.15) is 0 Å². The van der Waals surface area contributed by atoms with Gasteiger partial charge in [0.15, 0.2) is 0 Å². The second-order valence-corrected chi connectivity index (χ2v) is 5.47. The van der Waals surface area contributed by atoms with Crippen molar-refractivity contribution in [3.05, 3.63) is 35.9 Å². The fraction of sp³-hybridized carbons (Fsp3) is 0.533. The van der Waals surface area contributed by atoms with E-state index >= 15 is 0 Å². The highest BCUT2D eigenvalue weighted by atomic mass is 35.5. The van der Waals surface area contributed by atoms with Crippen LogP contribution in [0.5, 0.6) is 0 Å². The average molecular weight is 353 g/mol. The summed E-state index contributed by atoms with van der Waals surface area (Å²) in [5.41, 5.74) is -3.37. The van der Waals surface area contributed by atoms with Crippen molar-refractivity contribution in [2.45, 2.75) is 24.6 Å². The van der Waals surface area contributed by atoms with Crippen molar-refractivity contribution < 1.29 is 23.1 Å². The summed E-state index contributed by atoms with van der Waals surface area (Å²) in [7, 11) is 0. The van der Waals surface area contributed by atoms with E-state index in [4.69, 9.17) is 0 Å². The summed E-state index contributed by atoms with van der Waals surface area (Å²) >= 11 is 0. The Morgan fingerprint density at radius 3 is 2.30 bits per heavy atom. The maximum absolute atomic E-state index is 13.3. The molecule has 4 nitrogen and oxygen atoms in total. The number of aliphatic hydroxyl groups is 1. The lowest BCUT2D eigenvalue weighted by atomic mass is 9.92. The summed E-state index contributed by atoms with van der Waals surface area (Å²) in [6.45, 7) is 0.448. The van der Waals surface area contributed by atoms with Gasteiger partial charge in [0.2, 0.25) is 11.5 Å². The summed E-state index contributed by atoms with van der Waals surface area (Å²) in [5.74, 6) is -0.755. The Bertz CT molecular complexity index is 507. The molecule has 2 rings (SSSR count). The molecule has 130 valence electrons. The molecule has 8 heteroatoms. The third kappa shape index (κ3) is 4.59. The van der Waals surface area contributed by atoms with Crippen molar-refractivity contribution in [1.82, 2.24) is 10.6 Å². The standard InChI is InChI=1S/C15H19F3N2O2.ClH/c16-15(17,18)14(22,12-4-2-1-3-5-12)10-20-13(21)11-6-8-19-9-7-11;/h1-5,11,19,22H,6-10H2,(H,20,21);1H. The lowest BCUT2D eigenvalue weighted by Gasteiger charge is -2.32. The summed E-state index contributed by atoms with van der Waals surface area (Å²) in [6.07, 6.45) is -3.71. The smallest absolute Gasteiger partial charge is 0.375 e. The van der Waals surface area contributed by atoms with Crippen LogP contribution >= 0.6 is 12.4 Å². The van der Waals surface area contributed by atoms with E-state index in [0.29, 0.717) is 25.9 Å². The third-order valence-corrected chi connectivity index (χ3v) is 3.95. The minimum Gasteiger partial charge on any atom is -0.375 e. The molecule has 0 saturated carbocycles. The number of nitrogens with one attached hydrogen (secondary N) is 2. The van der Waals surface area contributed by atoms with Gasteiger partial charge >= 0.3 is 6.18 Å². The van der Waals surface area contributed by atoms with E-state index in [-0.39, 0.29) is 23.9 Å². The van der Waals surface area contributed by atoms with Gasteiger partial charge in [-0.15, -0.1) is 12.4 Å². The van der Waals surface area contributed by atoms with Crippen LogP contribution in [0.25, 0.3) is 0 Å². The molecule has 0 aromatic heterocycles. The van der Waals surface area contributed by atoms with Gasteiger partial charge in [-0.3, -0.25) is 4.79 Å². The molecule has 1 fully saturated rings. The van der Waals surface area contributed by atoms with Crippen molar-refractivity contribution in [1.29, 1.82) is 0 Å². The van der Waals surface area contributed by atoms with Crippen LogP contribution in [0.2, 0.25) is 0 Å². The molecule has 1 aromatic carbocycles. The minimum atomic E-state index is -4.88. The number of carbonyl (C=O) groups is 1. The molecule has 0 bridgehead atoms. The number of hydrogen-bond acceptors (Lipinski definition) is 3. The molecule has 1 atom stereocenters. The quantitative estimate of drug-likeness (QED) is 0.776. The first kappa shape index (κ1) is 19.7. The molecule has 0 radical (unpaired) electrons. The molecule has 1 amide bonds. The molecular formula is C15H20ClF3N2O2. The van der Waals surface area contributed by atoms with Crippen molar-refractivity contribution in [2.75, 3.05) is 19.6 Å². The monoisotopic (exact) mass is 352 g/mol. The Balaban J connectivity index is 0.00000264. The first-order valence-corrected chi connectivity index (χ1v) is 7.17. The molecule has 1 heterocycles. The van der Waals surface area contributed by atoms with Gasteiger partial charge in [-0.2, -0.15) is 13.2 Å². The normalized spacial score (nSPS) is 18.6. The number of alkyl halides is 3. The van der Waals surface area contributed by atoms with Crippen LogP contribution in [-0.4, -0.2) is 36.8 Å². The fourth-order valence-electron chi connectivity index (χ4n) is 2.52. The van der Waals surface area contributed by atoms with Crippen LogP contribution in [0, 0.1) is 5.92 Å². The summed E-state index contributed by atoms with van der Waals surface area (Å²) in [4.78, 5) is 12.0. The van der Waals surface area contributed by atoms with Gasteiger partial charge in [0.05, 0.1) is 6.54 Å². The van der Waals surface area contributed by atoms with Crippen LogP contribution in [0.3, 0.4) is 0 Å². The summed E-state index contributed by atoms with van der Waals surface area (Å²) in [6, 6.07) is 6.80. The Morgan fingerprint density at radius 1 is 1.22 bits per heavy atom. The zero-order chi connectivity index (χ0) is 16.2.